The first kappa shape index (κ1) is 21.3. The monoisotopic (exact) mass is 425 g/mol. The highest BCUT2D eigenvalue weighted by molar-refractivity contribution is 5.85. The van der Waals surface area contributed by atoms with Crippen LogP contribution in [0.4, 0.5) is 0 Å². The molecule has 3 aliphatic rings. The van der Waals surface area contributed by atoms with Gasteiger partial charge >= 0.3 is 0 Å². The molecule has 6 nitrogen and oxygen atoms in total. The van der Waals surface area contributed by atoms with Crippen LogP contribution in [0.25, 0.3) is 5.65 Å². The number of carbonyl (C=O) groups is 1. The third-order valence-electron chi connectivity index (χ3n) is 6.60. The van der Waals surface area contributed by atoms with Crippen LogP contribution in [0.5, 0.6) is 0 Å². The first-order valence-electron chi connectivity index (χ1n) is 10.1. The van der Waals surface area contributed by atoms with E-state index in [2.05, 4.69) is 24.8 Å². The summed E-state index contributed by atoms with van der Waals surface area (Å²) >= 11 is 0. The molecule has 1 saturated carbocycles. The molecule has 2 aliphatic heterocycles. The second kappa shape index (κ2) is 8.97. The highest BCUT2D eigenvalue weighted by atomic mass is 35.5. The highest BCUT2D eigenvalue weighted by Gasteiger charge is 2.40. The number of hydrogen-bond donors (Lipinski definition) is 1. The second-order valence-electron chi connectivity index (χ2n) is 8.22. The molecule has 0 aromatic carbocycles. The van der Waals surface area contributed by atoms with Gasteiger partial charge in [-0.3, -0.25) is 9.20 Å². The van der Waals surface area contributed by atoms with Gasteiger partial charge in [-0.25, -0.2) is 0 Å². The van der Waals surface area contributed by atoms with Gasteiger partial charge in [-0.15, -0.1) is 35.0 Å². The van der Waals surface area contributed by atoms with Crippen LogP contribution in [0, 0.1) is 5.92 Å². The number of piperidine rings is 1. The lowest BCUT2D eigenvalue weighted by Crippen LogP contribution is -2.48. The van der Waals surface area contributed by atoms with E-state index in [0.29, 0.717) is 17.9 Å². The quantitative estimate of drug-likeness (QED) is 0.801. The topological polar surface area (TPSA) is 62.5 Å². The molecular weight excluding hydrogens is 397 g/mol. The average molecular weight is 426 g/mol. The fourth-order valence-electron chi connectivity index (χ4n) is 5.26. The Bertz CT molecular complexity index is 799. The van der Waals surface area contributed by atoms with Gasteiger partial charge in [0.1, 0.15) is 5.82 Å². The minimum absolute atomic E-state index is 0. The Morgan fingerprint density at radius 3 is 2.79 bits per heavy atom. The number of nitrogens with zero attached hydrogens (tertiary/aromatic N) is 4. The Labute approximate surface area is 178 Å². The normalized spacial score (nSPS) is 29.6. The fraction of sp³-hybridized carbons (Fsp3) is 0.650. The third-order valence-corrected chi connectivity index (χ3v) is 6.60. The number of nitrogens with one attached hydrogen (secondary N) is 1. The largest absolute Gasteiger partial charge is 0.341 e. The van der Waals surface area contributed by atoms with Crippen molar-refractivity contribution in [2.24, 2.45) is 5.92 Å². The lowest BCUT2D eigenvalue weighted by atomic mass is 9.85. The highest BCUT2D eigenvalue weighted by Crippen LogP contribution is 2.34. The molecule has 2 saturated heterocycles. The fourth-order valence-corrected chi connectivity index (χ4v) is 5.26. The zero-order valence-corrected chi connectivity index (χ0v) is 17.6. The number of likely N-dealkylation sites (tertiary alicyclic amines) is 1. The molecule has 2 aromatic rings. The van der Waals surface area contributed by atoms with E-state index in [1.54, 1.807) is 0 Å². The average Bonchev–Trinajstić information content (AvgIpc) is 3.31. The summed E-state index contributed by atoms with van der Waals surface area (Å²) in [4.78, 5) is 15.2. The Morgan fingerprint density at radius 1 is 1.07 bits per heavy atom. The lowest BCUT2D eigenvalue weighted by Gasteiger charge is -2.33. The summed E-state index contributed by atoms with van der Waals surface area (Å²) in [6.07, 6.45) is 10.3. The van der Waals surface area contributed by atoms with Crippen molar-refractivity contribution in [3.63, 3.8) is 0 Å². The van der Waals surface area contributed by atoms with Crippen molar-refractivity contribution in [1.82, 2.24) is 24.8 Å². The van der Waals surface area contributed by atoms with Gasteiger partial charge in [0.15, 0.2) is 5.65 Å². The number of hydrogen-bond acceptors (Lipinski definition) is 4. The van der Waals surface area contributed by atoms with Crippen molar-refractivity contribution < 1.29 is 4.79 Å². The molecule has 0 spiro atoms. The van der Waals surface area contributed by atoms with Crippen molar-refractivity contribution in [3.05, 3.63) is 30.2 Å². The van der Waals surface area contributed by atoms with Crippen molar-refractivity contribution in [2.45, 2.75) is 62.9 Å². The molecule has 2 aromatic heterocycles. The number of carbonyl (C=O) groups excluding carboxylic acids is 1. The van der Waals surface area contributed by atoms with Crippen LogP contribution in [0.2, 0.25) is 0 Å². The van der Waals surface area contributed by atoms with Crippen LogP contribution in [-0.2, 0) is 4.79 Å². The van der Waals surface area contributed by atoms with Crippen LogP contribution in [-0.4, -0.2) is 50.6 Å². The predicted molar refractivity (Wildman–Crippen MR) is 113 cm³/mol. The second-order valence-corrected chi connectivity index (χ2v) is 8.22. The van der Waals surface area contributed by atoms with Gasteiger partial charge in [0, 0.05) is 31.2 Å². The number of aromatic nitrogens is 3. The molecule has 0 radical (unpaired) electrons. The van der Waals surface area contributed by atoms with Crippen LogP contribution in [0.1, 0.15) is 56.7 Å². The van der Waals surface area contributed by atoms with E-state index < -0.39 is 0 Å². The summed E-state index contributed by atoms with van der Waals surface area (Å²) in [6, 6.07) is 6.56. The van der Waals surface area contributed by atoms with Crippen LogP contribution in [0.3, 0.4) is 0 Å². The third kappa shape index (κ3) is 3.87. The Balaban J connectivity index is 0.00000112. The van der Waals surface area contributed by atoms with Gasteiger partial charge in [-0.2, -0.15) is 0 Å². The van der Waals surface area contributed by atoms with E-state index in [4.69, 9.17) is 0 Å². The molecule has 0 bridgehead atoms. The van der Waals surface area contributed by atoms with Gasteiger partial charge in [0.2, 0.25) is 5.91 Å². The molecule has 28 heavy (non-hydrogen) atoms. The van der Waals surface area contributed by atoms with Crippen LogP contribution < -0.4 is 5.32 Å². The maximum atomic E-state index is 13.1. The van der Waals surface area contributed by atoms with Gasteiger partial charge in [-0.05, 0) is 50.2 Å². The van der Waals surface area contributed by atoms with Crippen molar-refractivity contribution >= 4 is 36.4 Å². The molecule has 1 amide bonds. The summed E-state index contributed by atoms with van der Waals surface area (Å²) in [6.45, 7) is 1.64. The molecule has 4 heterocycles. The molecule has 8 heteroatoms. The van der Waals surface area contributed by atoms with Crippen LogP contribution in [0.15, 0.2) is 24.4 Å². The Morgan fingerprint density at radius 2 is 1.93 bits per heavy atom. The van der Waals surface area contributed by atoms with Gasteiger partial charge in [-0.1, -0.05) is 18.9 Å². The molecule has 5 rings (SSSR count). The summed E-state index contributed by atoms with van der Waals surface area (Å²) < 4.78 is 2.07. The maximum absolute atomic E-state index is 13.1. The van der Waals surface area contributed by atoms with Crippen LogP contribution >= 0.6 is 24.8 Å². The Hall–Kier alpha value is -1.37. The number of amides is 1. The van der Waals surface area contributed by atoms with E-state index >= 15 is 0 Å². The predicted octanol–water partition coefficient (Wildman–Crippen LogP) is 3.20. The Kier molecular flexibility index (Phi) is 6.84. The summed E-state index contributed by atoms with van der Waals surface area (Å²) in [7, 11) is 0. The SMILES string of the molecule is Cl.Cl.O=C(C1CC2CCCCC2N1)N1CCCC(c2nnc3ccccn23)C1. The first-order valence-corrected chi connectivity index (χ1v) is 10.1. The number of rotatable bonds is 2. The van der Waals surface area contributed by atoms with Crippen molar-refractivity contribution in [3.8, 4) is 0 Å². The van der Waals surface area contributed by atoms with Crippen molar-refractivity contribution in [1.29, 1.82) is 0 Å². The van der Waals surface area contributed by atoms with E-state index in [-0.39, 0.29) is 36.8 Å². The van der Waals surface area contributed by atoms with Gasteiger partial charge in [0.25, 0.3) is 0 Å². The zero-order valence-electron chi connectivity index (χ0n) is 16.0. The molecular formula is C20H29Cl2N5O. The minimum atomic E-state index is 0. The lowest BCUT2D eigenvalue weighted by molar-refractivity contribution is -0.134. The molecule has 1 aliphatic carbocycles. The molecule has 154 valence electrons. The maximum Gasteiger partial charge on any atom is 0.239 e. The van der Waals surface area contributed by atoms with E-state index in [1.165, 1.54) is 25.7 Å². The van der Waals surface area contributed by atoms with E-state index in [0.717, 1.165) is 43.8 Å². The number of fused-ring (bicyclic) bond motifs is 2. The summed E-state index contributed by atoms with van der Waals surface area (Å²) in [5.74, 6) is 2.27. The molecule has 4 unspecified atom stereocenters. The van der Waals surface area contributed by atoms with Gasteiger partial charge in [0.05, 0.1) is 6.04 Å². The smallest absolute Gasteiger partial charge is 0.239 e. The number of halogens is 2. The molecule has 4 atom stereocenters. The van der Waals surface area contributed by atoms with E-state index in [1.807, 2.05) is 24.4 Å². The minimum Gasteiger partial charge on any atom is -0.341 e. The standard InChI is InChI=1S/C20H27N5O.2ClH/c26-20(17-12-14-6-1-2-8-16(14)21-17)24-10-5-7-15(13-24)19-23-22-18-9-3-4-11-25(18)19;;/h3-4,9,11,14-17,21H,1-2,5-8,10,12-13H2;2*1H. The van der Waals surface area contributed by atoms with E-state index in [9.17, 15) is 4.79 Å². The van der Waals surface area contributed by atoms with Gasteiger partial charge < -0.3 is 10.2 Å². The summed E-state index contributed by atoms with van der Waals surface area (Å²) in [5, 5.41) is 12.4. The first-order chi connectivity index (χ1) is 12.8. The van der Waals surface area contributed by atoms with Crippen molar-refractivity contribution in [2.75, 3.05) is 13.1 Å². The molecule has 1 N–H and O–H groups in total. The summed E-state index contributed by atoms with van der Waals surface area (Å²) in [5.41, 5.74) is 0.882. The number of pyridine rings is 1. The molecule has 3 fully saturated rings. The zero-order chi connectivity index (χ0) is 17.5.